The molecule has 0 fully saturated rings. The topological polar surface area (TPSA) is 50.4 Å². The van der Waals surface area contributed by atoms with Gasteiger partial charge in [0.15, 0.2) is 5.11 Å². The first-order valence-corrected chi connectivity index (χ1v) is 7.11. The molecule has 0 bridgehead atoms. The molecule has 0 amide bonds. The largest absolute Gasteiger partial charge is 0.385 e. The number of thiocarbonyl (C=S) groups is 1. The van der Waals surface area contributed by atoms with E-state index >= 15 is 0 Å². The van der Waals surface area contributed by atoms with E-state index in [0.29, 0.717) is 5.11 Å². The van der Waals surface area contributed by atoms with Crippen molar-refractivity contribution in [2.45, 2.75) is 12.8 Å². The average molecular weight is 252 g/mol. The number of rotatable bonds is 8. The molecule has 0 aromatic carbocycles. The Kier molecular flexibility index (Phi) is 10.2. The van der Waals surface area contributed by atoms with Crippen molar-refractivity contribution >= 4 is 28.1 Å². The Hall–Kier alpha value is -0.200. The van der Waals surface area contributed by atoms with E-state index in [1.807, 2.05) is 0 Å². The van der Waals surface area contributed by atoms with Crippen molar-refractivity contribution in [1.29, 1.82) is 0 Å². The molecule has 6 heteroatoms. The molecular formula is C9H20N2O2S2. The second-order valence-electron chi connectivity index (χ2n) is 3.16. The van der Waals surface area contributed by atoms with E-state index in [1.54, 1.807) is 13.4 Å². The van der Waals surface area contributed by atoms with Crippen LogP contribution in [0, 0.1) is 0 Å². The van der Waals surface area contributed by atoms with Crippen LogP contribution >= 0.6 is 12.2 Å². The maximum Gasteiger partial charge on any atom is 0.166 e. The molecule has 0 rings (SSSR count). The molecule has 1 unspecified atom stereocenters. The maximum atomic E-state index is 10.8. The van der Waals surface area contributed by atoms with Crippen LogP contribution in [0.4, 0.5) is 0 Å². The highest BCUT2D eigenvalue weighted by Gasteiger charge is 1.95. The van der Waals surface area contributed by atoms with Gasteiger partial charge in [0.1, 0.15) is 0 Å². The molecule has 0 radical (unpaired) electrons. The smallest absolute Gasteiger partial charge is 0.166 e. The Labute approximate surface area is 99.6 Å². The lowest BCUT2D eigenvalue weighted by Crippen LogP contribution is -2.36. The van der Waals surface area contributed by atoms with Gasteiger partial charge in [-0.1, -0.05) is 0 Å². The zero-order valence-electron chi connectivity index (χ0n) is 9.38. The molecule has 0 aliphatic heterocycles. The van der Waals surface area contributed by atoms with Gasteiger partial charge >= 0.3 is 0 Å². The Balaban J connectivity index is 3.22. The minimum absolute atomic E-state index is 0.660. The predicted octanol–water partition coefficient (Wildman–Crippen LogP) is 0.256. The number of hydrogen-bond acceptors (Lipinski definition) is 3. The van der Waals surface area contributed by atoms with Gasteiger partial charge in [0, 0.05) is 49.6 Å². The second-order valence-corrected chi connectivity index (χ2v) is 5.12. The maximum absolute atomic E-state index is 10.8. The minimum Gasteiger partial charge on any atom is -0.385 e. The van der Waals surface area contributed by atoms with Crippen LogP contribution < -0.4 is 10.6 Å². The first-order chi connectivity index (χ1) is 7.16. The fourth-order valence-electron chi connectivity index (χ4n) is 0.958. The van der Waals surface area contributed by atoms with E-state index in [0.717, 1.165) is 38.3 Å². The Morgan fingerprint density at radius 3 is 2.47 bits per heavy atom. The first kappa shape index (κ1) is 14.8. The van der Waals surface area contributed by atoms with Crippen LogP contribution in [0.2, 0.25) is 0 Å². The molecule has 0 spiro atoms. The number of ether oxygens (including phenoxy) is 1. The van der Waals surface area contributed by atoms with Crippen LogP contribution in [-0.4, -0.2) is 48.1 Å². The molecule has 4 nitrogen and oxygen atoms in total. The molecule has 0 heterocycles. The second kappa shape index (κ2) is 10.3. The summed E-state index contributed by atoms with van der Waals surface area (Å²) in [5.74, 6) is 0.722. The Bertz CT molecular complexity index is 201. The van der Waals surface area contributed by atoms with Crippen LogP contribution in [0.3, 0.4) is 0 Å². The summed E-state index contributed by atoms with van der Waals surface area (Å²) in [5.41, 5.74) is 0. The van der Waals surface area contributed by atoms with Crippen molar-refractivity contribution in [3.8, 4) is 0 Å². The van der Waals surface area contributed by atoms with Gasteiger partial charge in [0.2, 0.25) is 0 Å². The SMILES string of the molecule is COCCCNC(=S)NCCCS(C)=O. The van der Waals surface area contributed by atoms with Gasteiger partial charge in [-0.2, -0.15) is 0 Å². The fraction of sp³-hybridized carbons (Fsp3) is 0.889. The van der Waals surface area contributed by atoms with Crippen molar-refractivity contribution in [3.63, 3.8) is 0 Å². The zero-order valence-corrected chi connectivity index (χ0v) is 11.0. The summed E-state index contributed by atoms with van der Waals surface area (Å²) in [6, 6.07) is 0. The molecule has 0 saturated heterocycles. The number of methoxy groups -OCH3 is 1. The van der Waals surface area contributed by atoms with Gasteiger partial charge in [-0.05, 0) is 25.1 Å². The molecule has 0 aliphatic rings. The number of hydrogen-bond donors (Lipinski definition) is 2. The Morgan fingerprint density at radius 1 is 1.33 bits per heavy atom. The summed E-state index contributed by atoms with van der Waals surface area (Å²) in [4.78, 5) is 0. The Morgan fingerprint density at radius 2 is 1.93 bits per heavy atom. The molecule has 0 aliphatic carbocycles. The highest BCUT2D eigenvalue weighted by Crippen LogP contribution is 1.82. The lowest BCUT2D eigenvalue weighted by molar-refractivity contribution is 0.195. The molecule has 0 aromatic rings. The van der Waals surface area contributed by atoms with Crippen LogP contribution in [0.15, 0.2) is 0 Å². The third-order valence-corrected chi connectivity index (χ3v) is 2.86. The predicted molar refractivity (Wildman–Crippen MR) is 68.6 cm³/mol. The average Bonchev–Trinajstić information content (AvgIpc) is 2.19. The molecular weight excluding hydrogens is 232 g/mol. The van der Waals surface area contributed by atoms with E-state index < -0.39 is 10.8 Å². The van der Waals surface area contributed by atoms with E-state index in [9.17, 15) is 4.21 Å². The van der Waals surface area contributed by atoms with Crippen molar-refractivity contribution in [2.75, 3.05) is 38.8 Å². The van der Waals surface area contributed by atoms with Crippen molar-refractivity contribution < 1.29 is 8.95 Å². The van der Waals surface area contributed by atoms with Crippen LogP contribution in [0.25, 0.3) is 0 Å². The van der Waals surface area contributed by atoms with Gasteiger partial charge in [0.05, 0.1) is 0 Å². The summed E-state index contributed by atoms with van der Waals surface area (Å²) in [6.07, 6.45) is 3.53. The monoisotopic (exact) mass is 252 g/mol. The quantitative estimate of drug-likeness (QED) is 0.479. The normalized spacial score (nSPS) is 12.1. The highest BCUT2D eigenvalue weighted by atomic mass is 32.2. The standard InChI is InChI=1S/C9H20N2O2S2/c1-13-7-3-5-10-9(14)11-6-4-8-15(2)12/h3-8H2,1-2H3,(H2,10,11,14). The van der Waals surface area contributed by atoms with Gasteiger partial charge in [-0.3, -0.25) is 4.21 Å². The summed E-state index contributed by atoms with van der Waals surface area (Å²) in [5, 5.41) is 6.79. The van der Waals surface area contributed by atoms with Crippen LogP contribution in [0.1, 0.15) is 12.8 Å². The van der Waals surface area contributed by atoms with E-state index in [-0.39, 0.29) is 0 Å². The molecule has 15 heavy (non-hydrogen) atoms. The minimum atomic E-state index is -0.709. The summed E-state index contributed by atoms with van der Waals surface area (Å²) >= 11 is 5.04. The molecule has 0 saturated carbocycles. The van der Waals surface area contributed by atoms with Gasteiger partial charge in [-0.15, -0.1) is 0 Å². The van der Waals surface area contributed by atoms with Crippen molar-refractivity contribution in [1.82, 2.24) is 10.6 Å². The van der Waals surface area contributed by atoms with Gasteiger partial charge in [-0.25, -0.2) is 0 Å². The third kappa shape index (κ3) is 11.7. The summed E-state index contributed by atoms with van der Waals surface area (Å²) < 4.78 is 15.7. The third-order valence-electron chi connectivity index (χ3n) is 1.70. The van der Waals surface area contributed by atoms with Crippen molar-refractivity contribution in [3.05, 3.63) is 0 Å². The first-order valence-electron chi connectivity index (χ1n) is 4.97. The molecule has 1 atom stereocenters. The van der Waals surface area contributed by atoms with E-state index in [1.165, 1.54) is 0 Å². The van der Waals surface area contributed by atoms with E-state index in [4.69, 9.17) is 17.0 Å². The fourth-order valence-corrected chi connectivity index (χ4v) is 1.71. The lowest BCUT2D eigenvalue weighted by Gasteiger charge is -2.09. The van der Waals surface area contributed by atoms with Crippen LogP contribution in [-0.2, 0) is 15.5 Å². The van der Waals surface area contributed by atoms with Gasteiger partial charge in [0.25, 0.3) is 0 Å². The summed E-state index contributed by atoms with van der Waals surface area (Å²) in [7, 11) is 0.973. The zero-order chi connectivity index (χ0) is 11.5. The van der Waals surface area contributed by atoms with Gasteiger partial charge < -0.3 is 15.4 Å². The van der Waals surface area contributed by atoms with Crippen LogP contribution in [0.5, 0.6) is 0 Å². The highest BCUT2D eigenvalue weighted by molar-refractivity contribution is 7.84. The lowest BCUT2D eigenvalue weighted by atomic mass is 10.4. The molecule has 90 valence electrons. The molecule has 0 aromatic heterocycles. The van der Waals surface area contributed by atoms with E-state index in [2.05, 4.69) is 10.6 Å². The summed E-state index contributed by atoms with van der Waals surface area (Å²) in [6.45, 7) is 2.33. The number of nitrogens with one attached hydrogen (secondary N) is 2. The van der Waals surface area contributed by atoms with Crippen molar-refractivity contribution in [2.24, 2.45) is 0 Å². The molecule has 2 N–H and O–H groups in total.